The maximum Gasteiger partial charge on any atom is 0.283 e. The fourth-order valence-corrected chi connectivity index (χ4v) is 3.92. The number of aromatic nitrogens is 2. The van der Waals surface area contributed by atoms with Crippen molar-refractivity contribution in [3.05, 3.63) is 77.9 Å². The van der Waals surface area contributed by atoms with Gasteiger partial charge in [-0.3, -0.25) is 4.79 Å². The van der Waals surface area contributed by atoms with Crippen LogP contribution in [0.15, 0.2) is 66.2 Å². The van der Waals surface area contributed by atoms with Crippen molar-refractivity contribution in [3.8, 4) is 22.6 Å². The van der Waals surface area contributed by atoms with Crippen molar-refractivity contribution in [1.29, 1.82) is 0 Å². The Morgan fingerprint density at radius 1 is 1.06 bits per heavy atom. The molecular formula is C24H21N5O3. The Balaban J connectivity index is 1.64. The fraction of sp³-hybridized carbons (Fsp3) is 0.167. The molecule has 2 N–H and O–H groups in total. The second kappa shape index (κ2) is 7.49. The highest BCUT2D eigenvalue weighted by Crippen LogP contribution is 2.51. The Labute approximate surface area is 185 Å². The first kappa shape index (κ1) is 19.7. The number of nitrogens with two attached hydrogens (primary N) is 1. The van der Waals surface area contributed by atoms with Crippen LogP contribution >= 0.6 is 0 Å². The Morgan fingerprint density at radius 3 is 2.47 bits per heavy atom. The summed E-state index contributed by atoms with van der Waals surface area (Å²) in [6, 6.07) is 11.8. The summed E-state index contributed by atoms with van der Waals surface area (Å²) in [5.74, 6) is 1.26. The SMILES string of the molecule is CN(C)C(=O)C=Cc1ccc2c(c1)[C@]1(COC(N)=N1)c1cc(-c3cncnc3)ccc1O2. The van der Waals surface area contributed by atoms with Gasteiger partial charge < -0.3 is 20.1 Å². The van der Waals surface area contributed by atoms with Crippen LogP contribution in [0.25, 0.3) is 17.2 Å². The van der Waals surface area contributed by atoms with Crippen LogP contribution in [-0.4, -0.2) is 47.5 Å². The molecule has 0 unspecified atom stereocenters. The van der Waals surface area contributed by atoms with E-state index in [9.17, 15) is 4.79 Å². The second-order valence-corrected chi connectivity index (χ2v) is 7.86. The molecule has 8 nitrogen and oxygen atoms in total. The minimum atomic E-state index is -0.853. The van der Waals surface area contributed by atoms with Gasteiger partial charge in [-0.1, -0.05) is 12.1 Å². The predicted octanol–water partition coefficient (Wildman–Crippen LogP) is 2.94. The molecule has 0 radical (unpaired) electrons. The largest absolute Gasteiger partial charge is 0.462 e. The van der Waals surface area contributed by atoms with Crippen molar-refractivity contribution in [2.24, 2.45) is 10.7 Å². The van der Waals surface area contributed by atoms with Crippen molar-refractivity contribution in [2.75, 3.05) is 20.7 Å². The highest BCUT2D eigenvalue weighted by molar-refractivity contribution is 5.91. The summed E-state index contributed by atoms with van der Waals surface area (Å²) in [6.45, 7) is 0.251. The van der Waals surface area contributed by atoms with Crippen molar-refractivity contribution in [1.82, 2.24) is 14.9 Å². The molecule has 0 saturated carbocycles. The number of hydrogen-bond acceptors (Lipinski definition) is 7. The number of carbonyl (C=O) groups is 1. The van der Waals surface area contributed by atoms with E-state index in [0.29, 0.717) is 11.5 Å². The lowest BCUT2D eigenvalue weighted by atomic mass is 9.80. The van der Waals surface area contributed by atoms with E-state index >= 15 is 0 Å². The smallest absolute Gasteiger partial charge is 0.283 e. The molecule has 8 heteroatoms. The van der Waals surface area contributed by atoms with E-state index in [1.807, 2.05) is 36.4 Å². The molecule has 3 heterocycles. The molecule has 5 rings (SSSR count). The van der Waals surface area contributed by atoms with Gasteiger partial charge in [0.15, 0.2) is 5.54 Å². The summed E-state index contributed by atoms with van der Waals surface area (Å²) < 4.78 is 11.9. The van der Waals surface area contributed by atoms with E-state index in [-0.39, 0.29) is 18.5 Å². The third-order valence-electron chi connectivity index (χ3n) is 5.58. The van der Waals surface area contributed by atoms with Crippen LogP contribution in [0.5, 0.6) is 11.5 Å². The molecule has 1 aromatic heterocycles. The van der Waals surface area contributed by atoms with Crippen LogP contribution < -0.4 is 10.5 Å². The maximum atomic E-state index is 12.0. The molecule has 0 aliphatic carbocycles. The van der Waals surface area contributed by atoms with Crippen LogP contribution in [-0.2, 0) is 15.1 Å². The summed E-state index contributed by atoms with van der Waals surface area (Å²) in [5, 5.41) is 0. The molecule has 2 aliphatic rings. The monoisotopic (exact) mass is 427 g/mol. The normalized spacial score (nSPS) is 18.5. The van der Waals surface area contributed by atoms with Gasteiger partial charge in [0.1, 0.15) is 24.4 Å². The number of likely N-dealkylation sites (N-methyl/N-ethyl adjacent to an activating group) is 1. The molecule has 32 heavy (non-hydrogen) atoms. The first-order valence-electron chi connectivity index (χ1n) is 10.1. The van der Waals surface area contributed by atoms with E-state index in [0.717, 1.165) is 27.8 Å². The van der Waals surface area contributed by atoms with Crippen LogP contribution in [0.1, 0.15) is 16.7 Å². The zero-order valence-corrected chi connectivity index (χ0v) is 17.6. The molecule has 0 saturated heterocycles. The average Bonchev–Trinajstić information content (AvgIpc) is 3.20. The highest BCUT2D eigenvalue weighted by atomic mass is 16.5. The zero-order chi connectivity index (χ0) is 22.3. The number of ether oxygens (including phenoxy) is 2. The van der Waals surface area contributed by atoms with Crippen molar-refractivity contribution in [3.63, 3.8) is 0 Å². The zero-order valence-electron chi connectivity index (χ0n) is 17.6. The van der Waals surface area contributed by atoms with Crippen molar-refractivity contribution >= 4 is 18.0 Å². The van der Waals surface area contributed by atoms with Gasteiger partial charge in [-0.25, -0.2) is 15.0 Å². The Hall–Kier alpha value is -4.20. The van der Waals surface area contributed by atoms with E-state index in [1.165, 1.54) is 17.3 Å². The number of hydrogen-bond donors (Lipinski definition) is 1. The summed E-state index contributed by atoms with van der Waals surface area (Å²) in [4.78, 5) is 26.4. The number of benzene rings is 2. The minimum Gasteiger partial charge on any atom is -0.462 e. The van der Waals surface area contributed by atoms with Crippen LogP contribution in [0.2, 0.25) is 0 Å². The lowest BCUT2D eigenvalue weighted by Gasteiger charge is -2.34. The van der Waals surface area contributed by atoms with Crippen LogP contribution in [0.3, 0.4) is 0 Å². The molecule has 2 aliphatic heterocycles. The molecule has 1 amide bonds. The number of amidine groups is 1. The lowest BCUT2D eigenvalue weighted by Crippen LogP contribution is -2.31. The Morgan fingerprint density at radius 2 is 1.78 bits per heavy atom. The molecule has 1 atom stereocenters. The lowest BCUT2D eigenvalue weighted by molar-refractivity contribution is -0.123. The summed E-state index contributed by atoms with van der Waals surface area (Å²) >= 11 is 0. The van der Waals surface area contributed by atoms with Gasteiger partial charge in [-0.2, -0.15) is 0 Å². The Bertz CT molecular complexity index is 1270. The van der Waals surface area contributed by atoms with Gasteiger partial charge in [-0.05, 0) is 41.5 Å². The first-order valence-corrected chi connectivity index (χ1v) is 10.1. The standard InChI is InChI=1S/C24H21N5O3/c1-29(2)22(30)8-4-15-3-6-20-18(9-15)24(13-31-23(25)28-24)19-10-16(5-7-21(19)32-20)17-11-26-14-27-12-17/h3-12,14H,13H2,1-2H3,(H2,25,28)/t24-/m1/s1. The minimum absolute atomic E-state index is 0.0970. The number of rotatable bonds is 3. The number of aliphatic imine (C=N–C) groups is 1. The topological polar surface area (TPSA) is 103 Å². The molecule has 2 aromatic carbocycles. The van der Waals surface area contributed by atoms with Gasteiger partial charge in [0.2, 0.25) is 5.91 Å². The number of amides is 1. The summed E-state index contributed by atoms with van der Waals surface area (Å²) in [6.07, 6.45) is 8.31. The number of fused-ring (bicyclic) bond motifs is 4. The Kier molecular flexibility index (Phi) is 4.62. The van der Waals surface area contributed by atoms with E-state index in [2.05, 4.69) is 9.97 Å². The molecule has 0 bridgehead atoms. The van der Waals surface area contributed by atoms with E-state index in [1.54, 1.807) is 32.6 Å². The first-order chi connectivity index (χ1) is 15.5. The average molecular weight is 427 g/mol. The van der Waals surface area contributed by atoms with Crippen LogP contribution in [0.4, 0.5) is 0 Å². The maximum absolute atomic E-state index is 12.0. The third-order valence-corrected chi connectivity index (χ3v) is 5.58. The summed E-state index contributed by atoms with van der Waals surface area (Å²) in [5.41, 5.74) is 9.45. The molecule has 3 aromatic rings. The molecule has 0 fully saturated rings. The van der Waals surface area contributed by atoms with E-state index < -0.39 is 5.54 Å². The number of carbonyl (C=O) groups excluding carboxylic acids is 1. The summed E-state index contributed by atoms with van der Waals surface area (Å²) in [7, 11) is 3.42. The van der Waals surface area contributed by atoms with Gasteiger partial charge in [-0.15, -0.1) is 0 Å². The van der Waals surface area contributed by atoms with Crippen molar-refractivity contribution < 1.29 is 14.3 Å². The van der Waals surface area contributed by atoms with Crippen molar-refractivity contribution in [2.45, 2.75) is 5.54 Å². The van der Waals surface area contributed by atoms with Gasteiger partial charge in [0.25, 0.3) is 6.02 Å². The van der Waals surface area contributed by atoms with E-state index in [4.69, 9.17) is 20.2 Å². The van der Waals surface area contributed by atoms with Gasteiger partial charge in [0.05, 0.1) is 0 Å². The quantitative estimate of drug-likeness (QED) is 0.645. The predicted molar refractivity (Wildman–Crippen MR) is 120 cm³/mol. The fourth-order valence-electron chi connectivity index (χ4n) is 3.92. The molecule has 160 valence electrons. The highest BCUT2D eigenvalue weighted by Gasteiger charge is 2.47. The van der Waals surface area contributed by atoms with Crippen LogP contribution in [0, 0.1) is 0 Å². The second-order valence-electron chi connectivity index (χ2n) is 7.86. The van der Waals surface area contributed by atoms with Gasteiger partial charge in [0, 0.05) is 49.3 Å². The molecule has 1 spiro atoms. The number of nitrogens with zero attached hydrogens (tertiary/aromatic N) is 4. The van der Waals surface area contributed by atoms with Gasteiger partial charge >= 0.3 is 0 Å². The third kappa shape index (κ3) is 3.26. The molecular weight excluding hydrogens is 406 g/mol.